The smallest absolute Gasteiger partial charge is 0.115 e. The largest absolute Gasteiger partial charge is 0.304 e. The molecule has 86 valence electrons. The van der Waals surface area contributed by atoms with Crippen LogP contribution in [-0.2, 0) is 0 Å². The van der Waals surface area contributed by atoms with Crippen molar-refractivity contribution < 1.29 is 0 Å². The Kier molecular flexibility index (Phi) is 4.09. The summed E-state index contributed by atoms with van der Waals surface area (Å²) in [5.41, 5.74) is 1.36. The molecular formula is C12H16N2S2. The first-order valence-corrected chi connectivity index (χ1v) is 7.25. The fourth-order valence-corrected chi connectivity index (χ4v) is 3.44. The number of thiazole rings is 1. The van der Waals surface area contributed by atoms with Crippen LogP contribution in [0.15, 0.2) is 23.0 Å². The maximum absolute atomic E-state index is 4.43. The Bertz CT molecular complexity index is 420. The van der Waals surface area contributed by atoms with Crippen LogP contribution >= 0.6 is 22.7 Å². The van der Waals surface area contributed by atoms with Gasteiger partial charge in [0.2, 0.25) is 0 Å². The van der Waals surface area contributed by atoms with Gasteiger partial charge in [0.1, 0.15) is 5.01 Å². The third kappa shape index (κ3) is 2.51. The zero-order valence-corrected chi connectivity index (χ0v) is 11.2. The summed E-state index contributed by atoms with van der Waals surface area (Å²) in [4.78, 5) is 5.82. The van der Waals surface area contributed by atoms with Crippen LogP contribution in [0.2, 0.25) is 0 Å². The Morgan fingerprint density at radius 3 is 2.81 bits per heavy atom. The minimum atomic E-state index is 0.278. The second kappa shape index (κ2) is 5.57. The van der Waals surface area contributed by atoms with E-state index in [1.807, 2.05) is 22.9 Å². The van der Waals surface area contributed by atoms with Crippen molar-refractivity contribution >= 4 is 22.7 Å². The van der Waals surface area contributed by atoms with Crippen LogP contribution in [0.25, 0.3) is 0 Å². The van der Waals surface area contributed by atoms with Gasteiger partial charge in [-0.3, -0.25) is 0 Å². The number of hydrogen-bond acceptors (Lipinski definition) is 4. The highest BCUT2D eigenvalue weighted by Gasteiger charge is 2.18. The first kappa shape index (κ1) is 11.8. The normalized spacial score (nSPS) is 12.9. The fourth-order valence-electron chi connectivity index (χ4n) is 1.64. The lowest BCUT2D eigenvalue weighted by Gasteiger charge is -2.15. The van der Waals surface area contributed by atoms with E-state index in [1.165, 1.54) is 15.4 Å². The molecule has 2 aromatic rings. The maximum atomic E-state index is 4.43. The standard InChI is InChI=1S/C12H16N2S2/c1-3-5-13-10(12-14-6-8-16-12)11-9(2)4-7-15-11/h4,6-8,10,13H,3,5H2,1-2H3. The minimum absolute atomic E-state index is 0.278. The highest BCUT2D eigenvalue weighted by Crippen LogP contribution is 2.30. The van der Waals surface area contributed by atoms with Gasteiger partial charge in [0, 0.05) is 16.5 Å². The highest BCUT2D eigenvalue weighted by atomic mass is 32.1. The third-order valence-electron chi connectivity index (χ3n) is 2.46. The molecule has 0 saturated heterocycles. The van der Waals surface area contributed by atoms with Crippen molar-refractivity contribution in [2.45, 2.75) is 26.3 Å². The van der Waals surface area contributed by atoms with Crippen LogP contribution in [-0.4, -0.2) is 11.5 Å². The average molecular weight is 252 g/mol. The van der Waals surface area contributed by atoms with Crippen LogP contribution in [0, 0.1) is 6.92 Å². The van der Waals surface area contributed by atoms with Crippen LogP contribution in [0.3, 0.4) is 0 Å². The fraction of sp³-hybridized carbons (Fsp3) is 0.417. The number of thiophene rings is 1. The number of nitrogens with zero attached hydrogens (tertiary/aromatic N) is 1. The summed E-state index contributed by atoms with van der Waals surface area (Å²) in [5, 5.41) is 8.93. The molecule has 0 fully saturated rings. The summed E-state index contributed by atoms with van der Waals surface area (Å²) >= 11 is 3.53. The van der Waals surface area contributed by atoms with Crippen molar-refractivity contribution in [3.8, 4) is 0 Å². The lowest BCUT2D eigenvalue weighted by atomic mass is 10.1. The quantitative estimate of drug-likeness (QED) is 0.879. The molecule has 1 N–H and O–H groups in total. The SMILES string of the molecule is CCCNC(c1nccs1)c1sccc1C. The molecule has 0 bridgehead atoms. The molecule has 16 heavy (non-hydrogen) atoms. The first-order chi connectivity index (χ1) is 7.83. The molecule has 0 aliphatic rings. The zero-order valence-electron chi connectivity index (χ0n) is 9.56. The molecule has 1 unspecified atom stereocenters. The Morgan fingerprint density at radius 1 is 1.38 bits per heavy atom. The van der Waals surface area contributed by atoms with Gasteiger partial charge in [-0.15, -0.1) is 22.7 Å². The van der Waals surface area contributed by atoms with E-state index < -0.39 is 0 Å². The maximum Gasteiger partial charge on any atom is 0.115 e. The molecule has 0 radical (unpaired) electrons. The number of hydrogen-bond donors (Lipinski definition) is 1. The molecule has 2 rings (SSSR count). The number of aryl methyl sites for hydroxylation is 1. The zero-order chi connectivity index (χ0) is 11.4. The predicted octanol–water partition coefficient (Wildman–Crippen LogP) is 3.60. The number of aromatic nitrogens is 1. The Hall–Kier alpha value is -0.710. The van der Waals surface area contributed by atoms with Crippen molar-refractivity contribution in [2.75, 3.05) is 6.54 Å². The average Bonchev–Trinajstić information content (AvgIpc) is 2.91. The van der Waals surface area contributed by atoms with Gasteiger partial charge < -0.3 is 5.32 Å². The lowest BCUT2D eigenvalue weighted by Crippen LogP contribution is -2.22. The summed E-state index contributed by atoms with van der Waals surface area (Å²) in [6.45, 7) is 5.38. The summed E-state index contributed by atoms with van der Waals surface area (Å²) in [7, 11) is 0. The van der Waals surface area contributed by atoms with Crippen LogP contribution in [0.1, 0.15) is 34.8 Å². The van der Waals surface area contributed by atoms with Gasteiger partial charge in [0.25, 0.3) is 0 Å². The van der Waals surface area contributed by atoms with E-state index in [-0.39, 0.29) is 6.04 Å². The molecule has 0 spiro atoms. The van der Waals surface area contributed by atoms with Gasteiger partial charge >= 0.3 is 0 Å². The Labute approximate surface area is 104 Å². The minimum Gasteiger partial charge on any atom is -0.304 e. The second-order valence-electron chi connectivity index (χ2n) is 3.73. The van der Waals surface area contributed by atoms with E-state index in [9.17, 15) is 0 Å². The number of rotatable bonds is 5. The third-order valence-corrected chi connectivity index (χ3v) is 4.38. The van der Waals surface area contributed by atoms with Crippen LogP contribution in [0.5, 0.6) is 0 Å². The molecule has 2 nitrogen and oxygen atoms in total. The number of nitrogens with one attached hydrogen (secondary N) is 1. The van der Waals surface area contributed by atoms with Crippen LogP contribution < -0.4 is 5.32 Å². The first-order valence-electron chi connectivity index (χ1n) is 5.49. The van der Waals surface area contributed by atoms with E-state index in [4.69, 9.17) is 0 Å². The van der Waals surface area contributed by atoms with Gasteiger partial charge in [-0.05, 0) is 36.9 Å². The van der Waals surface area contributed by atoms with Crippen molar-refractivity contribution in [3.63, 3.8) is 0 Å². The summed E-state index contributed by atoms with van der Waals surface area (Å²) in [5.74, 6) is 0. The topological polar surface area (TPSA) is 24.9 Å². The molecule has 0 amide bonds. The van der Waals surface area contributed by atoms with E-state index in [0.29, 0.717) is 0 Å². The lowest BCUT2D eigenvalue weighted by molar-refractivity contribution is 0.601. The molecule has 2 aromatic heterocycles. The van der Waals surface area contributed by atoms with Crippen molar-refractivity contribution in [1.82, 2.24) is 10.3 Å². The monoisotopic (exact) mass is 252 g/mol. The summed E-state index contributed by atoms with van der Waals surface area (Å²) in [6, 6.07) is 2.45. The summed E-state index contributed by atoms with van der Waals surface area (Å²) < 4.78 is 0. The molecule has 4 heteroatoms. The van der Waals surface area contributed by atoms with Crippen LogP contribution in [0.4, 0.5) is 0 Å². The van der Waals surface area contributed by atoms with E-state index in [2.05, 4.69) is 35.6 Å². The molecule has 2 heterocycles. The second-order valence-corrected chi connectivity index (χ2v) is 5.60. The van der Waals surface area contributed by atoms with E-state index in [1.54, 1.807) is 11.3 Å². The van der Waals surface area contributed by atoms with E-state index in [0.717, 1.165) is 13.0 Å². The van der Waals surface area contributed by atoms with Crippen molar-refractivity contribution in [3.05, 3.63) is 38.5 Å². The molecule has 0 aliphatic heterocycles. The van der Waals surface area contributed by atoms with E-state index >= 15 is 0 Å². The van der Waals surface area contributed by atoms with Gasteiger partial charge in [-0.1, -0.05) is 6.92 Å². The van der Waals surface area contributed by atoms with Gasteiger partial charge in [-0.25, -0.2) is 4.98 Å². The van der Waals surface area contributed by atoms with Gasteiger partial charge in [-0.2, -0.15) is 0 Å². The Balaban J connectivity index is 2.25. The van der Waals surface area contributed by atoms with Gasteiger partial charge in [0.15, 0.2) is 0 Å². The molecule has 1 atom stereocenters. The predicted molar refractivity (Wildman–Crippen MR) is 71.3 cm³/mol. The summed E-state index contributed by atoms with van der Waals surface area (Å²) in [6.07, 6.45) is 3.02. The highest BCUT2D eigenvalue weighted by molar-refractivity contribution is 7.11. The molecular weight excluding hydrogens is 236 g/mol. The van der Waals surface area contributed by atoms with Gasteiger partial charge in [0.05, 0.1) is 6.04 Å². The molecule has 0 aliphatic carbocycles. The molecule has 0 aromatic carbocycles. The Morgan fingerprint density at radius 2 is 2.25 bits per heavy atom. The molecule has 0 saturated carbocycles. The van der Waals surface area contributed by atoms with Crippen molar-refractivity contribution in [1.29, 1.82) is 0 Å². The van der Waals surface area contributed by atoms with Crippen molar-refractivity contribution in [2.24, 2.45) is 0 Å².